The number of aldehydes is 1. The SMILES string of the molecule is CN(C)CCCNc1nc(-c2c(C=O)c3ccccc3n2Cc2ccccc2)nc2ccccc12. The quantitative estimate of drug-likeness (QED) is 0.232. The minimum atomic E-state index is 0.549. The highest BCUT2D eigenvalue weighted by Gasteiger charge is 2.22. The summed E-state index contributed by atoms with van der Waals surface area (Å²) in [6, 6.07) is 26.3. The number of aromatic nitrogens is 3. The molecule has 0 saturated carbocycles. The normalized spacial score (nSPS) is 11.4. The van der Waals surface area contributed by atoms with Gasteiger partial charge in [0.15, 0.2) is 12.1 Å². The van der Waals surface area contributed by atoms with Crippen LogP contribution in [0.2, 0.25) is 0 Å². The van der Waals surface area contributed by atoms with Gasteiger partial charge in [0.2, 0.25) is 0 Å². The number of carbonyl (C=O) groups excluding carboxylic acids is 1. The Labute approximate surface area is 205 Å². The fourth-order valence-electron chi connectivity index (χ4n) is 4.54. The van der Waals surface area contributed by atoms with E-state index in [2.05, 4.69) is 47.1 Å². The van der Waals surface area contributed by atoms with Crippen molar-refractivity contribution < 1.29 is 4.79 Å². The molecule has 0 aliphatic rings. The van der Waals surface area contributed by atoms with Gasteiger partial charge in [0.25, 0.3) is 0 Å². The highest BCUT2D eigenvalue weighted by molar-refractivity contribution is 6.05. The van der Waals surface area contributed by atoms with E-state index in [-0.39, 0.29) is 0 Å². The monoisotopic (exact) mass is 463 g/mol. The van der Waals surface area contributed by atoms with Gasteiger partial charge in [-0.3, -0.25) is 4.79 Å². The molecule has 2 aromatic heterocycles. The Morgan fingerprint density at radius 1 is 0.886 bits per heavy atom. The van der Waals surface area contributed by atoms with Crippen LogP contribution in [-0.2, 0) is 6.54 Å². The smallest absolute Gasteiger partial charge is 0.179 e. The molecule has 6 heteroatoms. The molecule has 0 fully saturated rings. The zero-order valence-corrected chi connectivity index (χ0v) is 20.1. The lowest BCUT2D eigenvalue weighted by atomic mass is 10.1. The molecule has 2 heterocycles. The van der Waals surface area contributed by atoms with Crippen LogP contribution >= 0.6 is 0 Å². The lowest BCUT2D eigenvalue weighted by Gasteiger charge is -2.15. The summed E-state index contributed by atoms with van der Waals surface area (Å²) in [6.45, 7) is 2.40. The van der Waals surface area contributed by atoms with Crippen LogP contribution in [0.5, 0.6) is 0 Å². The summed E-state index contributed by atoms with van der Waals surface area (Å²) < 4.78 is 2.16. The van der Waals surface area contributed by atoms with Gasteiger partial charge in [-0.15, -0.1) is 0 Å². The zero-order valence-electron chi connectivity index (χ0n) is 20.1. The van der Waals surface area contributed by atoms with E-state index >= 15 is 0 Å². The third-order valence-electron chi connectivity index (χ3n) is 6.20. The molecule has 0 bridgehead atoms. The van der Waals surface area contributed by atoms with Crippen LogP contribution in [0.15, 0.2) is 78.9 Å². The van der Waals surface area contributed by atoms with Crippen molar-refractivity contribution in [3.8, 4) is 11.5 Å². The molecule has 5 rings (SSSR count). The number of hydrogen-bond donors (Lipinski definition) is 1. The first-order valence-electron chi connectivity index (χ1n) is 11.9. The summed E-state index contributed by atoms with van der Waals surface area (Å²) in [5, 5.41) is 5.40. The van der Waals surface area contributed by atoms with Crippen LogP contribution in [0, 0.1) is 0 Å². The number of hydrogen-bond acceptors (Lipinski definition) is 5. The van der Waals surface area contributed by atoms with Crippen molar-refractivity contribution in [2.45, 2.75) is 13.0 Å². The standard InChI is InChI=1S/C29H29N5O/c1-33(2)18-10-17-30-28-23-14-6-8-15-25(23)31-29(32-28)27-24(20-35)22-13-7-9-16-26(22)34(27)19-21-11-4-3-5-12-21/h3-9,11-16,20H,10,17-19H2,1-2H3,(H,30,31,32). The molecule has 1 N–H and O–H groups in total. The Hall–Kier alpha value is -4.03. The van der Waals surface area contributed by atoms with Crippen molar-refractivity contribution in [2.24, 2.45) is 0 Å². The van der Waals surface area contributed by atoms with Crippen molar-refractivity contribution in [2.75, 3.05) is 32.5 Å². The van der Waals surface area contributed by atoms with E-state index in [9.17, 15) is 4.79 Å². The molecule has 3 aromatic carbocycles. The van der Waals surface area contributed by atoms with Gasteiger partial charge in [-0.1, -0.05) is 60.7 Å². The minimum Gasteiger partial charge on any atom is -0.369 e. The molecule has 0 spiro atoms. The molecule has 0 saturated heterocycles. The number of benzene rings is 3. The van der Waals surface area contributed by atoms with E-state index in [0.29, 0.717) is 17.9 Å². The van der Waals surface area contributed by atoms with Crippen molar-refractivity contribution >= 4 is 33.9 Å². The molecule has 0 aliphatic heterocycles. The predicted octanol–water partition coefficient (Wildman–Crippen LogP) is 5.48. The van der Waals surface area contributed by atoms with E-state index in [1.807, 2.05) is 60.7 Å². The molecular formula is C29H29N5O. The van der Waals surface area contributed by atoms with Crippen LogP contribution in [0.25, 0.3) is 33.3 Å². The fourth-order valence-corrected chi connectivity index (χ4v) is 4.54. The molecule has 0 amide bonds. The van der Waals surface area contributed by atoms with Crippen molar-refractivity contribution in [3.05, 3.63) is 90.0 Å². The van der Waals surface area contributed by atoms with Crippen molar-refractivity contribution in [1.82, 2.24) is 19.4 Å². The highest BCUT2D eigenvalue weighted by Crippen LogP contribution is 2.34. The maximum atomic E-state index is 12.4. The fraction of sp³-hybridized carbons (Fsp3) is 0.207. The van der Waals surface area contributed by atoms with Gasteiger partial charge in [-0.25, -0.2) is 9.97 Å². The van der Waals surface area contributed by atoms with Crippen LogP contribution in [0.4, 0.5) is 5.82 Å². The van der Waals surface area contributed by atoms with Crippen LogP contribution in [-0.4, -0.2) is 52.9 Å². The topological polar surface area (TPSA) is 63.1 Å². The number of carbonyl (C=O) groups is 1. The van der Waals surface area contributed by atoms with Gasteiger partial charge in [-0.05, 0) is 50.8 Å². The first kappa shape index (κ1) is 22.7. The zero-order chi connectivity index (χ0) is 24.2. The second-order valence-corrected chi connectivity index (χ2v) is 8.97. The summed E-state index contributed by atoms with van der Waals surface area (Å²) in [6.07, 6.45) is 1.93. The number of anilines is 1. The average molecular weight is 464 g/mol. The second kappa shape index (κ2) is 10.1. The van der Waals surface area contributed by atoms with Crippen molar-refractivity contribution in [3.63, 3.8) is 0 Å². The van der Waals surface area contributed by atoms with E-state index in [1.54, 1.807) is 0 Å². The number of nitrogens with zero attached hydrogens (tertiary/aromatic N) is 4. The van der Waals surface area contributed by atoms with E-state index in [4.69, 9.17) is 9.97 Å². The van der Waals surface area contributed by atoms with E-state index < -0.39 is 0 Å². The second-order valence-electron chi connectivity index (χ2n) is 8.97. The van der Waals surface area contributed by atoms with Gasteiger partial charge in [0, 0.05) is 29.4 Å². The van der Waals surface area contributed by atoms with Crippen molar-refractivity contribution in [1.29, 1.82) is 0 Å². The van der Waals surface area contributed by atoms with Gasteiger partial charge >= 0.3 is 0 Å². The molecule has 176 valence electrons. The van der Waals surface area contributed by atoms with Gasteiger partial charge in [-0.2, -0.15) is 0 Å². The molecule has 6 nitrogen and oxygen atoms in total. The third-order valence-corrected chi connectivity index (χ3v) is 6.20. The molecule has 0 radical (unpaired) electrons. The van der Waals surface area contributed by atoms with E-state index in [0.717, 1.165) is 64.7 Å². The molecule has 0 unspecified atom stereocenters. The summed E-state index contributed by atoms with van der Waals surface area (Å²) in [7, 11) is 4.15. The summed E-state index contributed by atoms with van der Waals surface area (Å²) in [5.41, 5.74) is 4.35. The van der Waals surface area contributed by atoms with Gasteiger partial charge in [0.05, 0.1) is 16.8 Å². The van der Waals surface area contributed by atoms with Gasteiger partial charge in [0.1, 0.15) is 5.82 Å². The van der Waals surface area contributed by atoms with Crippen LogP contribution in [0.1, 0.15) is 22.3 Å². The Morgan fingerprint density at radius 3 is 2.37 bits per heavy atom. The molecule has 0 aliphatic carbocycles. The lowest BCUT2D eigenvalue weighted by Crippen LogP contribution is -2.17. The lowest BCUT2D eigenvalue weighted by molar-refractivity contribution is 0.112. The average Bonchev–Trinajstić information content (AvgIpc) is 3.20. The minimum absolute atomic E-state index is 0.549. The van der Waals surface area contributed by atoms with Gasteiger partial charge < -0.3 is 14.8 Å². The Balaban J connectivity index is 1.68. The Bertz CT molecular complexity index is 1470. The third kappa shape index (κ3) is 4.66. The van der Waals surface area contributed by atoms with Crippen LogP contribution < -0.4 is 5.32 Å². The molecule has 5 aromatic rings. The Morgan fingerprint density at radius 2 is 1.60 bits per heavy atom. The maximum Gasteiger partial charge on any atom is 0.179 e. The molecule has 0 atom stereocenters. The molecule has 35 heavy (non-hydrogen) atoms. The summed E-state index contributed by atoms with van der Waals surface area (Å²) in [5.74, 6) is 1.34. The first-order valence-corrected chi connectivity index (χ1v) is 11.9. The highest BCUT2D eigenvalue weighted by atomic mass is 16.1. The summed E-state index contributed by atoms with van der Waals surface area (Å²) in [4.78, 5) is 24.5. The molecular weight excluding hydrogens is 434 g/mol. The number of fused-ring (bicyclic) bond motifs is 2. The number of nitrogens with one attached hydrogen (secondary N) is 1. The predicted molar refractivity (Wildman–Crippen MR) is 143 cm³/mol. The number of para-hydroxylation sites is 2. The Kier molecular flexibility index (Phi) is 6.55. The summed E-state index contributed by atoms with van der Waals surface area (Å²) >= 11 is 0. The maximum absolute atomic E-state index is 12.4. The number of rotatable bonds is 9. The first-order chi connectivity index (χ1) is 17.2. The van der Waals surface area contributed by atoms with Crippen LogP contribution in [0.3, 0.4) is 0 Å². The largest absolute Gasteiger partial charge is 0.369 e. The van der Waals surface area contributed by atoms with E-state index in [1.165, 1.54) is 0 Å².